The summed E-state index contributed by atoms with van der Waals surface area (Å²) in [6, 6.07) is 5.69. The Morgan fingerprint density at radius 3 is 2.83 bits per heavy atom. The molecule has 1 atom stereocenters. The highest BCUT2D eigenvalue weighted by Crippen LogP contribution is 2.22. The fraction of sp³-hybridized carbons (Fsp3) is 0.267. The fourth-order valence-corrected chi connectivity index (χ4v) is 1.95. The number of amides is 1. The van der Waals surface area contributed by atoms with Crippen LogP contribution in [-0.4, -0.2) is 16.9 Å². The molecule has 0 aliphatic carbocycles. The van der Waals surface area contributed by atoms with Gasteiger partial charge in [-0.1, -0.05) is 6.08 Å². The smallest absolute Gasteiger partial charge is 0.251 e. The topological polar surface area (TPSA) is 44.9 Å². The molecule has 0 spiro atoms. The second-order valence-corrected chi connectivity index (χ2v) is 4.63. The molecule has 1 aromatic heterocycles. The quantitative estimate of drug-likeness (QED) is 0.798. The SMILES string of the molecule is C=CC(C)NC(=O)c1ccc2[nH]c(C)c(C)c2c1. The summed E-state index contributed by atoms with van der Waals surface area (Å²) >= 11 is 0. The van der Waals surface area contributed by atoms with E-state index >= 15 is 0 Å². The number of rotatable bonds is 3. The normalized spacial score (nSPS) is 12.4. The lowest BCUT2D eigenvalue weighted by atomic mass is 10.1. The number of aromatic nitrogens is 1. The molecule has 0 saturated heterocycles. The van der Waals surface area contributed by atoms with Crippen LogP contribution in [0.25, 0.3) is 10.9 Å². The Morgan fingerprint density at radius 1 is 1.44 bits per heavy atom. The molecule has 0 aliphatic rings. The Morgan fingerprint density at radius 2 is 2.17 bits per heavy atom. The zero-order valence-electron chi connectivity index (χ0n) is 11.0. The third-order valence-corrected chi connectivity index (χ3v) is 3.28. The number of carbonyl (C=O) groups is 1. The Labute approximate surface area is 107 Å². The van der Waals surface area contributed by atoms with Crippen molar-refractivity contribution >= 4 is 16.8 Å². The van der Waals surface area contributed by atoms with Crippen molar-refractivity contribution in [1.82, 2.24) is 10.3 Å². The summed E-state index contributed by atoms with van der Waals surface area (Å²) in [5.41, 5.74) is 4.08. The largest absolute Gasteiger partial charge is 0.358 e. The maximum absolute atomic E-state index is 12.0. The van der Waals surface area contributed by atoms with Crippen LogP contribution < -0.4 is 5.32 Å². The Kier molecular flexibility index (Phi) is 3.24. The number of fused-ring (bicyclic) bond motifs is 1. The Bertz CT molecular complexity index is 610. The molecule has 2 N–H and O–H groups in total. The predicted molar refractivity (Wildman–Crippen MR) is 74.9 cm³/mol. The zero-order valence-corrected chi connectivity index (χ0v) is 11.0. The predicted octanol–water partition coefficient (Wildman–Crippen LogP) is 3.09. The van der Waals surface area contributed by atoms with Crippen LogP contribution in [-0.2, 0) is 0 Å². The van der Waals surface area contributed by atoms with Gasteiger partial charge in [0.05, 0.1) is 0 Å². The van der Waals surface area contributed by atoms with Crippen LogP contribution in [0.5, 0.6) is 0 Å². The fourth-order valence-electron chi connectivity index (χ4n) is 1.95. The van der Waals surface area contributed by atoms with Crippen LogP contribution in [0.15, 0.2) is 30.9 Å². The van der Waals surface area contributed by atoms with Crippen molar-refractivity contribution in [3.63, 3.8) is 0 Å². The van der Waals surface area contributed by atoms with Crippen molar-refractivity contribution < 1.29 is 4.79 Å². The Hall–Kier alpha value is -2.03. The summed E-state index contributed by atoms with van der Waals surface area (Å²) in [7, 11) is 0. The van der Waals surface area contributed by atoms with Crippen LogP contribution >= 0.6 is 0 Å². The van der Waals surface area contributed by atoms with Gasteiger partial charge in [-0.25, -0.2) is 0 Å². The van der Waals surface area contributed by atoms with Gasteiger partial charge in [-0.05, 0) is 44.5 Å². The highest BCUT2D eigenvalue weighted by molar-refractivity contribution is 5.99. The van der Waals surface area contributed by atoms with E-state index in [2.05, 4.69) is 23.8 Å². The summed E-state index contributed by atoms with van der Waals surface area (Å²) in [5, 5.41) is 3.97. The van der Waals surface area contributed by atoms with Crippen molar-refractivity contribution in [1.29, 1.82) is 0 Å². The minimum atomic E-state index is -0.0671. The van der Waals surface area contributed by atoms with Gasteiger partial charge >= 0.3 is 0 Å². The molecule has 0 fully saturated rings. The number of aromatic amines is 1. The minimum absolute atomic E-state index is 0.0257. The molecule has 1 amide bonds. The van der Waals surface area contributed by atoms with Gasteiger partial charge in [-0.15, -0.1) is 6.58 Å². The van der Waals surface area contributed by atoms with Crippen molar-refractivity contribution in [3.8, 4) is 0 Å². The van der Waals surface area contributed by atoms with E-state index in [1.807, 2.05) is 32.0 Å². The van der Waals surface area contributed by atoms with E-state index in [0.29, 0.717) is 5.56 Å². The van der Waals surface area contributed by atoms with Gasteiger partial charge in [0, 0.05) is 28.2 Å². The molecule has 1 heterocycles. The first-order chi connectivity index (χ1) is 8.52. The van der Waals surface area contributed by atoms with Gasteiger partial charge in [0.1, 0.15) is 0 Å². The monoisotopic (exact) mass is 242 g/mol. The zero-order chi connectivity index (χ0) is 13.3. The van der Waals surface area contributed by atoms with E-state index in [9.17, 15) is 4.79 Å². The summed E-state index contributed by atoms with van der Waals surface area (Å²) in [5.74, 6) is -0.0671. The van der Waals surface area contributed by atoms with Gasteiger partial charge in [0.25, 0.3) is 5.91 Å². The highest BCUT2D eigenvalue weighted by Gasteiger charge is 2.10. The molecule has 2 aromatic rings. The van der Waals surface area contributed by atoms with Crippen molar-refractivity contribution in [2.24, 2.45) is 0 Å². The lowest BCUT2D eigenvalue weighted by Crippen LogP contribution is -2.30. The van der Waals surface area contributed by atoms with Gasteiger partial charge in [-0.2, -0.15) is 0 Å². The van der Waals surface area contributed by atoms with E-state index in [4.69, 9.17) is 0 Å². The van der Waals surface area contributed by atoms with Gasteiger partial charge in [0.2, 0.25) is 0 Å². The van der Waals surface area contributed by atoms with E-state index < -0.39 is 0 Å². The van der Waals surface area contributed by atoms with Crippen LogP contribution in [0.1, 0.15) is 28.5 Å². The molecule has 3 heteroatoms. The number of hydrogen-bond acceptors (Lipinski definition) is 1. The lowest BCUT2D eigenvalue weighted by molar-refractivity contribution is 0.0947. The van der Waals surface area contributed by atoms with Crippen LogP contribution in [0.3, 0.4) is 0 Å². The molecule has 1 aromatic carbocycles. The molecule has 2 rings (SSSR count). The summed E-state index contributed by atoms with van der Waals surface area (Å²) in [6.45, 7) is 9.65. The number of nitrogens with one attached hydrogen (secondary N) is 2. The first-order valence-electron chi connectivity index (χ1n) is 6.05. The van der Waals surface area contributed by atoms with E-state index in [1.165, 1.54) is 5.56 Å². The highest BCUT2D eigenvalue weighted by atomic mass is 16.1. The minimum Gasteiger partial charge on any atom is -0.358 e. The number of benzene rings is 1. The number of carbonyl (C=O) groups excluding carboxylic acids is 1. The maximum atomic E-state index is 12.0. The van der Waals surface area contributed by atoms with Gasteiger partial charge in [-0.3, -0.25) is 4.79 Å². The standard InChI is InChI=1S/C15H18N2O/c1-5-9(2)16-15(18)12-6-7-14-13(8-12)10(3)11(4)17-14/h5-9,17H,1H2,2-4H3,(H,16,18). The summed E-state index contributed by atoms with van der Waals surface area (Å²) in [6.07, 6.45) is 1.71. The van der Waals surface area contributed by atoms with Gasteiger partial charge < -0.3 is 10.3 Å². The molecular formula is C15H18N2O. The lowest BCUT2D eigenvalue weighted by Gasteiger charge is -2.09. The first-order valence-corrected chi connectivity index (χ1v) is 6.05. The Balaban J connectivity index is 2.37. The molecule has 0 radical (unpaired) electrons. The third kappa shape index (κ3) is 2.16. The number of hydrogen-bond donors (Lipinski definition) is 2. The van der Waals surface area contributed by atoms with Crippen LogP contribution in [0.2, 0.25) is 0 Å². The first kappa shape index (κ1) is 12.4. The molecule has 94 valence electrons. The molecule has 18 heavy (non-hydrogen) atoms. The number of aryl methyl sites for hydroxylation is 2. The molecule has 0 bridgehead atoms. The van der Waals surface area contributed by atoms with Crippen molar-refractivity contribution in [3.05, 3.63) is 47.7 Å². The molecular weight excluding hydrogens is 224 g/mol. The van der Waals surface area contributed by atoms with Gasteiger partial charge in [0.15, 0.2) is 0 Å². The van der Waals surface area contributed by atoms with Crippen molar-refractivity contribution in [2.45, 2.75) is 26.8 Å². The third-order valence-electron chi connectivity index (χ3n) is 3.28. The molecule has 0 aliphatic heterocycles. The average molecular weight is 242 g/mol. The van der Waals surface area contributed by atoms with E-state index in [1.54, 1.807) is 6.08 Å². The molecule has 0 saturated carbocycles. The molecule has 3 nitrogen and oxygen atoms in total. The van der Waals surface area contributed by atoms with E-state index in [-0.39, 0.29) is 11.9 Å². The number of H-pyrrole nitrogens is 1. The second kappa shape index (κ2) is 4.69. The van der Waals surface area contributed by atoms with Crippen LogP contribution in [0.4, 0.5) is 0 Å². The second-order valence-electron chi connectivity index (χ2n) is 4.63. The summed E-state index contributed by atoms with van der Waals surface area (Å²) < 4.78 is 0. The van der Waals surface area contributed by atoms with Crippen LogP contribution in [0, 0.1) is 13.8 Å². The van der Waals surface area contributed by atoms with E-state index in [0.717, 1.165) is 16.6 Å². The maximum Gasteiger partial charge on any atom is 0.251 e. The molecule has 1 unspecified atom stereocenters. The average Bonchev–Trinajstić information content (AvgIpc) is 2.64. The summed E-state index contributed by atoms with van der Waals surface area (Å²) in [4.78, 5) is 15.3. The van der Waals surface area contributed by atoms with Crippen molar-refractivity contribution in [2.75, 3.05) is 0 Å².